The zero-order valence-electron chi connectivity index (χ0n) is 13.1. The van der Waals surface area contributed by atoms with Gasteiger partial charge in [0.05, 0.1) is 18.8 Å². The molecule has 0 aromatic carbocycles. The second-order valence-electron chi connectivity index (χ2n) is 6.10. The van der Waals surface area contributed by atoms with Crippen LogP contribution in [0.15, 0.2) is 30.5 Å². The Morgan fingerprint density at radius 3 is 2.82 bits per heavy atom. The third kappa shape index (κ3) is 4.16. The lowest BCUT2D eigenvalue weighted by Crippen LogP contribution is -2.09. The van der Waals surface area contributed by atoms with E-state index in [0.717, 1.165) is 17.3 Å². The van der Waals surface area contributed by atoms with Crippen molar-refractivity contribution in [2.45, 2.75) is 39.2 Å². The van der Waals surface area contributed by atoms with Crippen molar-refractivity contribution in [3.63, 3.8) is 0 Å². The molecular weight excluding hydrogens is 276 g/mol. The molecule has 1 aliphatic rings. The van der Waals surface area contributed by atoms with Crippen LogP contribution in [0.25, 0.3) is 0 Å². The lowest BCUT2D eigenvalue weighted by molar-refractivity contribution is 0.260. The Balaban J connectivity index is 1.71. The van der Waals surface area contributed by atoms with Crippen molar-refractivity contribution in [2.24, 2.45) is 5.92 Å². The van der Waals surface area contributed by atoms with Gasteiger partial charge in [0.2, 0.25) is 5.88 Å². The second kappa shape index (κ2) is 6.73. The molecule has 0 aliphatic heterocycles. The van der Waals surface area contributed by atoms with E-state index in [0.29, 0.717) is 30.9 Å². The third-order valence-electron chi connectivity index (χ3n) is 3.40. The van der Waals surface area contributed by atoms with Crippen LogP contribution in [-0.2, 0) is 6.54 Å². The zero-order valence-corrected chi connectivity index (χ0v) is 13.1. The van der Waals surface area contributed by atoms with E-state index >= 15 is 0 Å². The van der Waals surface area contributed by atoms with Gasteiger partial charge >= 0.3 is 0 Å². The van der Waals surface area contributed by atoms with Crippen LogP contribution in [0.4, 0.5) is 5.82 Å². The van der Waals surface area contributed by atoms with Crippen molar-refractivity contribution in [3.05, 3.63) is 42.0 Å². The zero-order chi connectivity index (χ0) is 15.4. The molecule has 2 aromatic heterocycles. The van der Waals surface area contributed by atoms with Crippen molar-refractivity contribution in [1.29, 1.82) is 0 Å². The van der Waals surface area contributed by atoms with E-state index in [-0.39, 0.29) is 0 Å². The fourth-order valence-electron chi connectivity index (χ4n) is 2.07. The third-order valence-corrected chi connectivity index (χ3v) is 3.40. The molecule has 0 unspecified atom stereocenters. The summed E-state index contributed by atoms with van der Waals surface area (Å²) in [6.07, 6.45) is 4.14. The van der Waals surface area contributed by atoms with Crippen LogP contribution in [-0.4, -0.2) is 21.6 Å². The maximum absolute atomic E-state index is 5.77. The van der Waals surface area contributed by atoms with Crippen molar-refractivity contribution in [3.8, 4) is 5.88 Å². The largest absolute Gasteiger partial charge is 0.477 e. The van der Waals surface area contributed by atoms with E-state index in [4.69, 9.17) is 4.74 Å². The molecule has 5 nitrogen and oxygen atoms in total. The number of nitrogens with zero attached hydrogens (tertiary/aromatic N) is 3. The number of aromatic nitrogens is 3. The molecule has 1 N–H and O–H groups in total. The van der Waals surface area contributed by atoms with E-state index < -0.39 is 0 Å². The van der Waals surface area contributed by atoms with Crippen molar-refractivity contribution < 1.29 is 4.74 Å². The number of nitrogens with one attached hydrogen (secondary N) is 1. The molecule has 22 heavy (non-hydrogen) atoms. The molecule has 5 heteroatoms. The maximum Gasteiger partial charge on any atom is 0.218 e. The first-order valence-electron chi connectivity index (χ1n) is 7.86. The normalized spacial score (nSPS) is 14.1. The van der Waals surface area contributed by atoms with Gasteiger partial charge in [-0.15, -0.1) is 0 Å². The smallest absolute Gasteiger partial charge is 0.218 e. The summed E-state index contributed by atoms with van der Waals surface area (Å²) >= 11 is 0. The molecule has 0 radical (unpaired) electrons. The van der Waals surface area contributed by atoms with Crippen LogP contribution in [0, 0.1) is 5.92 Å². The topological polar surface area (TPSA) is 59.9 Å². The number of pyridine rings is 1. The van der Waals surface area contributed by atoms with E-state index in [1.54, 1.807) is 6.20 Å². The molecule has 1 saturated carbocycles. The SMILES string of the molecule is CC(C)COc1cc(NCc2ccccn2)nc(C2CC2)n1. The first-order valence-corrected chi connectivity index (χ1v) is 7.86. The molecule has 0 bridgehead atoms. The van der Waals surface area contributed by atoms with Crippen LogP contribution >= 0.6 is 0 Å². The number of hydrogen-bond acceptors (Lipinski definition) is 5. The van der Waals surface area contributed by atoms with Crippen molar-refractivity contribution in [1.82, 2.24) is 15.0 Å². The summed E-state index contributed by atoms with van der Waals surface area (Å²) < 4.78 is 5.77. The maximum atomic E-state index is 5.77. The van der Waals surface area contributed by atoms with E-state index in [1.165, 1.54) is 12.8 Å². The molecule has 0 atom stereocenters. The molecule has 2 heterocycles. The quantitative estimate of drug-likeness (QED) is 0.849. The van der Waals surface area contributed by atoms with Gasteiger partial charge in [-0.05, 0) is 30.9 Å². The monoisotopic (exact) mass is 298 g/mol. The average Bonchev–Trinajstić information content (AvgIpc) is 3.37. The van der Waals surface area contributed by atoms with Gasteiger partial charge in [-0.25, -0.2) is 4.98 Å². The van der Waals surface area contributed by atoms with Gasteiger partial charge in [-0.2, -0.15) is 4.98 Å². The van der Waals surface area contributed by atoms with Crippen LogP contribution in [0.2, 0.25) is 0 Å². The average molecular weight is 298 g/mol. The minimum atomic E-state index is 0.476. The summed E-state index contributed by atoms with van der Waals surface area (Å²) in [5.74, 6) is 3.34. The Hall–Kier alpha value is -2.17. The number of ether oxygens (including phenoxy) is 1. The van der Waals surface area contributed by atoms with E-state index in [1.807, 2.05) is 24.3 Å². The van der Waals surface area contributed by atoms with Crippen LogP contribution in [0.5, 0.6) is 5.88 Å². The molecule has 3 rings (SSSR count). The van der Waals surface area contributed by atoms with E-state index in [2.05, 4.69) is 34.1 Å². The Kier molecular flexibility index (Phi) is 4.51. The summed E-state index contributed by atoms with van der Waals surface area (Å²) in [6, 6.07) is 7.76. The van der Waals surface area contributed by atoms with Gasteiger partial charge in [0, 0.05) is 18.2 Å². The summed E-state index contributed by atoms with van der Waals surface area (Å²) in [6.45, 7) is 5.57. The lowest BCUT2D eigenvalue weighted by atomic mass is 10.2. The highest BCUT2D eigenvalue weighted by Crippen LogP contribution is 2.39. The van der Waals surface area contributed by atoms with Crippen LogP contribution in [0.3, 0.4) is 0 Å². The number of rotatable bonds is 7. The molecule has 1 fully saturated rings. The van der Waals surface area contributed by atoms with Gasteiger partial charge in [-0.1, -0.05) is 19.9 Å². The summed E-state index contributed by atoms with van der Waals surface area (Å²) in [5, 5.41) is 3.32. The molecule has 0 saturated heterocycles. The highest BCUT2D eigenvalue weighted by molar-refractivity contribution is 5.39. The minimum absolute atomic E-state index is 0.476. The van der Waals surface area contributed by atoms with Crippen LogP contribution < -0.4 is 10.1 Å². The predicted molar refractivity (Wildman–Crippen MR) is 85.9 cm³/mol. The standard InChI is InChI=1S/C17H22N4O/c1-12(2)11-22-16-9-15(20-17(21-16)13-6-7-13)19-10-14-5-3-4-8-18-14/h3-5,8-9,12-13H,6-7,10-11H2,1-2H3,(H,19,20,21). The minimum Gasteiger partial charge on any atom is -0.477 e. The fraction of sp³-hybridized carbons (Fsp3) is 0.471. The first kappa shape index (κ1) is 14.8. The Morgan fingerprint density at radius 2 is 2.14 bits per heavy atom. The molecule has 116 valence electrons. The number of anilines is 1. The summed E-state index contributed by atoms with van der Waals surface area (Å²) in [5.41, 5.74) is 0.985. The Morgan fingerprint density at radius 1 is 1.27 bits per heavy atom. The molecule has 2 aromatic rings. The van der Waals surface area contributed by atoms with E-state index in [9.17, 15) is 0 Å². The van der Waals surface area contributed by atoms with Crippen molar-refractivity contribution >= 4 is 5.82 Å². The summed E-state index contributed by atoms with van der Waals surface area (Å²) in [7, 11) is 0. The second-order valence-corrected chi connectivity index (χ2v) is 6.10. The Bertz CT molecular complexity index is 611. The van der Waals surface area contributed by atoms with Gasteiger partial charge in [0.25, 0.3) is 0 Å². The van der Waals surface area contributed by atoms with Gasteiger partial charge in [0.1, 0.15) is 11.6 Å². The summed E-state index contributed by atoms with van der Waals surface area (Å²) in [4.78, 5) is 13.4. The highest BCUT2D eigenvalue weighted by atomic mass is 16.5. The van der Waals surface area contributed by atoms with Crippen molar-refractivity contribution in [2.75, 3.05) is 11.9 Å². The first-order chi connectivity index (χ1) is 10.7. The van der Waals surface area contributed by atoms with Gasteiger partial charge in [-0.3, -0.25) is 4.98 Å². The highest BCUT2D eigenvalue weighted by Gasteiger charge is 2.27. The molecule has 0 spiro atoms. The predicted octanol–water partition coefficient (Wildman–Crippen LogP) is 3.40. The molecule has 1 aliphatic carbocycles. The van der Waals surface area contributed by atoms with Crippen LogP contribution in [0.1, 0.15) is 44.1 Å². The lowest BCUT2D eigenvalue weighted by Gasteiger charge is -2.12. The fourth-order valence-corrected chi connectivity index (χ4v) is 2.07. The molecular formula is C17H22N4O. The number of hydrogen-bond donors (Lipinski definition) is 1. The van der Waals surface area contributed by atoms with Gasteiger partial charge < -0.3 is 10.1 Å². The Labute approximate surface area is 131 Å². The van der Waals surface area contributed by atoms with Gasteiger partial charge in [0.15, 0.2) is 0 Å². The molecule has 0 amide bonds.